The fraction of sp³-hybridized carbons (Fsp3) is 0.333. The van der Waals surface area contributed by atoms with Gasteiger partial charge in [0.2, 0.25) is 0 Å². The number of carbonyl (C=O) groups is 2. The van der Waals surface area contributed by atoms with Crippen LogP contribution in [-0.4, -0.2) is 61.5 Å². The number of hydrogen-bond donors (Lipinski definition) is 0. The molecule has 0 atom stereocenters. The highest BCUT2D eigenvalue weighted by molar-refractivity contribution is 7.92. The van der Waals surface area contributed by atoms with Gasteiger partial charge in [-0.25, -0.2) is 8.42 Å². The van der Waals surface area contributed by atoms with Crippen LogP contribution in [0.15, 0.2) is 47.4 Å². The number of halogens is 2. The first-order chi connectivity index (χ1) is 14.1. The van der Waals surface area contributed by atoms with E-state index in [0.717, 1.165) is 0 Å². The zero-order valence-corrected chi connectivity index (χ0v) is 19.0. The average molecular weight is 469 g/mol. The summed E-state index contributed by atoms with van der Waals surface area (Å²) in [5, 5.41) is 0.121. The van der Waals surface area contributed by atoms with Crippen molar-refractivity contribution in [1.29, 1.82) is 0 Å². The number of sulfone groups is 1. The molecule has 0 N–H and O–H groups in total. The van der Waals surface area contributed by atoms with Gasteiger partial charge >= 0.3 is 0 Å². The molecule has 1 fully saturated rings. The van der Waals surface area contributed by atoms with E-state index in [1.165, 1.54) is 12.1 Å². The lowest BCUT2D eigenvalue weighted by Crippen LogP contribution is -2.50. The van der Waals surface area contributed by atoms with Crippen molar-refractivity contribution in [3.05, 3.63) is 63.6 Å². The molecule has 0 bridgehead atoms. The topological polar surface area (TPSA) is 74.8 Å². The molecular weight excluding hydrogens is 447 g/mol. The van der Waals surface area contributed by atoms with Crippen molar-refractivity contribution in [2.45, 2.75) is 24.0 Å². The van der Waals surface area contributed by atoms with E-state index in [4.69, 9.17) is 23.2 Å². The molecule has 3 rings (SSSR count). The summed E-state index contributed by atoms with van der Waals surface area (Å²) in [6, 6.07) is 10.9. The maximum atomic E-state index is 13.0. The molecule has 0 aromatic heterocycles. The molecule has 160 valence electrons. The highest BCUT2D eigenvalue weighted by Crippen LogP contribution is 2.24. The van der Waals surface area contributed by atoms with E-state index in [2.05, 4.69) is 0 Å². The number of piperazine rings is 1. The highest BCUT2D eigenvalue weighted by Gasteiger charge is 2.30. The van der Waals surface area contributed by atoms with Crippen LogP contribution >= 0.6 is 23.2 Å². The van der Waals surface area contributed by atoms with Crippen LogP contribution in [0.3, 0.4) is 0 Å². The molecule has 1 aliphatic heterocycles. The summed E-state index contributed by atoms with van der Waals surface area (Å²) in [7, 11) is -3.60. The van der Waals surface area contributed by atoms with Crippen molar-refractivity contribution in [1.82, 2.24) is 9.80 Å². The zero-order chi connectivity index (χ0) is 22.1. The van der Waals surface area contributed by atoms with E-state index in [9.17, 15) is 18.0 Å². The third-order valence-electron chi connectivity index (χ3n) is 5.01. The van der Waals surface area contributed by atoms with Gasteiger partial charge in [-0.3, -0.25) is 9.59 Å². The summed E-state index contributed by atoms with van der Waals surface area (Å²) in [5.74, 6) is -0.568. The molecule has 2 aromatic carbocycles. The van der Waals surface area contributed by atoms with E-state index in [1.54, 1.807) is 54.0 Å². The highest BCUT2D eigenvalue weighted by atomic mass is 35.5. The summed E-state index contributed by atoms with van der Waals surface area (Å²) in [4.78, 5) is 29.0. The molecule has 2 amide bonds. The van der Waals surface area contributed by atoms with Crippen LogP contribution in [0.2, 0.25) is 10.0 Å². The van der Waals surface area contributed by atoms with Gasteiger partial charge in [-0.2, -0.15) is 0 Å². The normalized spacial score (nSPS) is 14.8. The van der Waals surface area contributed by atoms with Crippen LogP contribution in [0.1, 0.15) is 34.6 Å². The second kappa shape index (κ2) is 8.96. The number of hydrogen-bond acceptors (Lipinski definition) is 4. The Labute approximate surface area is 186 Å². The SMILES string of the molecule is CC(C)S(=O)(=O)c1ccccc1C(=O)N1CCN(C(=O)c2cc(Cl)cc(Cl)c2)CC1. The molecular formula is C21H22Cl2N2O4S. The van der Waals surface area contributed by atoms with Crippen LogP contribution < -0.4 is 0 Å². The maximum absolute atomic E-state index is 13.0. The summed E-state index contributed by atoms with van der Waals surface area (Å²) in [6.07, 6.45) is 0. The Morgan fingerprint density at radius 1 is 0.867 bits per heavy atom. The minimum atomic E-state index is -3.60. The first-order valence-electron chi connectivity index (χ1n) is 9.49. The monoisotopic (exact) mass is 468 g/mol. The van der Waals surface area contributed by atoms with Gasteiger partial charge in [0.25, 0.3) is 11.8 Å². The number of nitrogens with zero attached hydrogens (tertiary/aromatic N) is 2. The maximum Gasteiger partial charge on any atom is 0.255 e. The smallest absolute Gasteiger partial charge is 0.255 e. The number of benzene rings is 2. The third kappa shape index (κ3) is 4.63. The van der Waals surface area contributed by atoms with Crippen LogP contribution in [0.4, 0.5) is 0 Å². The van der Waals surface area contributed by atoms with Gasteiger partial charge in [0.05, 0.1) is 15.7 Å². The van der Waals surface area contributed by atoms with Gasteiger partial charge in [-0.1, -0.05) is 35.3 Å². The van der Waals surface area contributed by atoms with Crippen LogP contribution in [-0.2, 0) is 9.84 Å². The molecule has 1 saturated heterocycles. The Morgan fingerprint density at radius 3 is 1.90 bits per heavy atom. The van der Waals surface area contributed by atoms with E-state index in [1.807, 2.05) is 0 Å². The lowest BCUT2D eigenvalue weighted by atomic mass is 10.1. The number of amides is 2. The van der Waals surface area contributed by atoms with Crippen molar-refractivity contribution in [3.63, 3.8) is 0 Å². The van der Waals surface area contributed by atoms with Gasteiger partial charge in [0.1, 0.15) is 0 Å². The molecule has 30 heavy (non-hydrogen) atoms. The van der Waals surface area contributed by atoms with E-state index in [0.29, 0.717) is 41.8 Å². The Bertz CT molecular complexity index is 1060. The van der Waals surface area contributed by atoms with Crippen LogP contribution in [0.25, 0.3) is 0 Å². The van der Waals surface area contributed by atoms with Crippen molar-refractivity contribution < 1.29 is 18.0 Å². The molecule has 0 aliphatic carbocycles. The van der Waals surface area contributed by atoms with Crippen LogP contribution in [0, 0.1) is 0 Å². The lowest BCUT2D eigenvalue weighted by Gasteiger charge is -2.35. The summed E-state index contributed by atoms with van der Waals surface area (Å²) >= 11 is 12.0. The van der Waals surface area contributed by atoms with Crippen LogP contribution in [0.5, 0.6) is 0 Å². The molecule has 6 nitrogen and oxygen atoms in total. The molecule has 1 aliphatic rings. The van der Waals surface area contributed by atoms with E-state index in [-0.39, 0.29) is 22.3 Å². The molecule has 1 heterocycles. The summed E-state index contributed by atoms with van der Waals surface area (Å²) < 4.78 is 25.3. The predicted molar refractivity (Wildman–Crippen MR) is 117 cm³/mol. The largest absolute Gasteiger partial charge is 0.335 e. The molecule has 0 spiro atoms. The average Bonchev–Trinajstić information content (AvgIpc) is 2.72. The third-order valence-corrected chi connectivity index (χ3v) is 7.65. The molecule has 0 radical (unpaired) electrons. The molecule has 9 heteroatoms. The number of rotatable bonds is 4. The standard InChI is InChI=1S/C21H22Cl2N2O4S/c1-14(2)30(28,29)19-6-4-3-5-18(19)21(27)25-9-7-24(8-10-25)20(26)15-11-16(22)13-17(23)12-15/h3-6,11-14H,7-10H2,1-2H3. The molecule has 2 aromatic rings. The van der Waals surface area contributed by atoms with E-state index < -0.39 is 15.1 Å². The fourth-order valence-corrected chi connectivity index (χ4v) is 5.05. The van der Waals surface area contributed by atoms with Gasteiger partial charge < -0.3 is 9.80 Å². The number of carbonyl (C=O) groups excluding carboxylic acids is 2. The zero-order valence-electron chi connectivity index (χ0n) is 16.6. The van der Waals surface area contributed by atoms with Crippen molar-refractivity contribution in [2.24, 2.45) is 0 Å². The minimum Gasteiger partial charge on any atom is -0.335 e. The van der Waals surface area contributed by atoms with Crippen molar-refractivity contribution >= 4 is 44.9 Å². The quantitative estimate of drug-likeness (QED) is 0.683. The van der Waals surface area contributed by atoms with Gasteiger partial charge in [-0.15, -0.1) is 0 Å². The second-order valence-electron chi connectivity index (χ2n) is 7.33. The van der Waals surface area contributed by atoms with Crippen molar-refractivity contribution in [3.8, 4) is 0 Å². The summed E-state index contributed by atoms with van der Waals surface area (Å²) in [5.41, 5.74) is 0.549. The Kier molecular flexibility index (Phi) is 6.75. The minimum absolute atomic E-state index is 0.0390. The molecule has 0 unspecified atom stereocenters. The Morgan fingerprint density at radius 2 is 1.37 bits per heavy atom. The summed E-state index contributed by atoms with van der Waals surface area (Å²) in [6.45, 7) is 4.43. The predicted octanol–water partition coefficient (Wildman–Crippen LogP) is 3.77. The first kappa shape index (κ1) is 22.6. The Balaban J connectivity index is 1.75. The van der Waals surface area contributed by atoms with E-state index >= 15 is 0 Å². The second-order valence-corrected chi connectivity index (χ2v) is 10.7. The fourth-order valence-electron chi connectivity index (χ4n) is 3.29. The Hall–Kier alpha value is -2.09. The van der Waals surface area contributed by atoms with Gasteiger partial charge in [-0.05, 0) is 44.2 Å². The molecule has 0 saturated carbocycles. The lowest BCUT2D eigenvalue weighted by molar-refractivity contribution is 0.0533. The van der Waals surface area contributed by atoms with Crippen molar-refractivity contribution in [2.75, 3.05) is 26.2 Å². The van der Waals surface area contributed by atoms with Gasteiger partial charge in [0.15, 0.2) is 9.84 Å². The first-order valence-corrected chi connectivity index (χ1v) is 11.8. The van der Waals surface area contributed by atoms with Gasteiger partial charge in [0, 0.05) is 41.8 Å².